The lowest BCUT2D eigenvalue weighted by atomic mass is 10.1. The van der Waals surface area contributed by atoms with Crippen LogP contribution in [-0.2, 0) is 4.79 Å². The molecule has 0 aliphatic carbocycles. The summed E-state index contributed by atoms with van der Waals surface area (Å²) >= 11 is 0. The van der Waals surface area contributed by atoms with Crippen LogP contribution in [0.1, 0.15) is 13.3 Å². The van der Waals surface area contributed by atoms with Gasteiger partial charge in [0.2, 0.25) is 0 Å². The van der Waals surface area contributed by atoms with Crippen LogP contribution < -0.4 is 10.6 Å². The first-order valence-corrected chi connectivity index (χ1v) is 5.62. The van der Waals surface area contributed by atoms with Crippen LogP contribution in [0.3, 0.4) is 0 Å². The Labute approximate surface area is 108 Å². The smallest absolute Gasteiger partial charge is 0.319 e. The molecule has 0 fully saturated rings. The van der Waals surface area contributed by atoms with Gasteiger partial charge in [0, 0.05) is 18.3 Å². The Morgan fingerprint density at radius 1 is 1.26 bits per heavy atom. The molecule has 0 heterocycles. The third-order valence-electron chi connectivity index (χ3n) is 2.40. The van der Waals surface area contributed by atoms with Gasteiger partial charge in [0.1, 0.15) is 11.6 Å². The molecule has 0 aliphatic rings. The molecule has 0 radical (unpaired) electrons. The van der Waals surface area contributed by atoms with Crippen molar-refractivity contribution in [1.82, 2.24) is 5.32 Å². The lowest BCUT2D eigenvalue weighted by Crippen LogP contribution is -2.31. The summed E-state index contributed by atoms with van der Waals surface area (Å²) in [5.74, 6) is -3.12. The fourth-order valence-corrected chi connectivity index (χ4v) is 1.33. The van der Waals surface area contributed by atoms with E-state index in [0.717, 1.165) is 12.1 Å². The Balaban J connectivity index is 2.41. The number of carbonyl (C=O) groups excluding carboxylic acids is 1. The largest absolute Gasteiger partial charge is 0.481 e. The van der Waals surface area contributed by atoms with Gasteiger partial charge in [-0.25, -0.2) is 13.6 Å². The van der Waals surface area contributed by atoms with E-state index in [0.29, 0.717) is 6.07 Å². The molecule has 1 rings (SSSR count). The van der Waals surface area contributed by atoms with E-state index in [2.05, 4.69) is 10.6 Å². The average Bonchev–Trinajstić information content (AvgIpc) is 2.26. The Hall–Kier alpha value is -2.18. The van der Waals surface area contributed by atoms with Crippen molar-refractivity contribution in [3.05, 3.63) is 29.8 Å². The van der Waals surface area contributed by atoms with E-state index >= 15 is 0 Å². The number of carbonyl (C=O) groups is 2. The fraction of sp³-hybridized carbons (Fsp3) is 0.333. The van der Waals surface area contributed by atoms with E-state index in [1.165, 1.54) is 6.92 Å². The van der Waals surface area contributed by atoms with Crippen LogP contribution in [0.5, 0.6) is 0 Å². The maximum absolute atomic E-state index is 12.8. The topological polar surface area (TPSA) is 78.4 Å². The maximum atomic E-state index is 12.8. The van der Waals surface area contributed by atoms with Crippen LogP contribution in [0.4, 0.5) is 19.3 Å². The zero-order valence-corrected chi connectivity index (χ0v) is 10.2. The van der Waals surface area contributed by atoms with E-state index < -0.39 is 29.6 Å². The minimum atomic E-state index is -0.950. The summed E-state index contributed by atoms with van der Waals surface area (Å²) in [6.45, 7) is 1.67. The SMILES string of the molecule is CC(CCNC(=O)Nc1cc(F)cc(F)c1)C(=O)O. The zero-order chi connectivity index (χ0) is 14.4. The number of rotatable bonds is 5. The van der Waals surface area contributed by atoms with Gasteiger partial charge in [-0.15, -0.1) is 0 Å². The lowest BCUT2D eigenvalue weighted by molar-refractivity contribution is -0.141. The normalized spacial score (nSPS) is 11.7. The molecule has 19 heavy (non-hydrogen) atoms. The molecule has 1 unspecified atom stereocenters. The van der Waals surface area contributed by atoms with Crippen molar-refractivity contribution >= 4 is 17.7 Å². The van der Waals surface area contributed by atoms with E-state index in [1.807, 2.05) is 0 Å². The molecule has 0 saturated carbocycles. The summed E-state index contributed by atoms with van der Waals surface area (Å²) in [5.41, 5.74) is -0.0127. The summed E-state index contributed by atoms with van der Waals surface area (Å²) in [7, 11) is 0. The highest BCUT2D eigenvalue weighted by Crippen LogP contribution is 2.12. The highest BCUT2D eigenvalue weighted by Gasteiger charge is 2.11. The number of benzene rings is 1. The van der Waals surface area contributed by atoms with Crippen molar-refractivity contribution in [3.8, 4) is 0 Å². The summed E-state index contributed by atoms with van der Waals surface area (Å²) in [6.07, 6.45) is 0.264. The van der Waals surface area contributed by atoms with E-state index in [1.54, 1.807) is 0 Å². The fourth-order valence-electron chi connectivity index (χ4n) is 1.33. The standard InChI is InChI=1S/C12H14F2N2O3/c1-7(11(17)18)2-3-15-12(19)16-10-5-8(13)4-9(14)6-10/h4-7H,2-3H2,1H3,(H,17,18)(H2,15,16,19). The molecular formula is C12H14F2N2O3. The molecular weight excluding hydrogens is 258 g/mol. The molecule has 0 spiro atoms. The predicted octanol–water partition coefficient (Wildman–Crippen LogP) is 2.20. The van der Waals surface area contributed by atoms with Crippen LogP contribution in [0, 0.1) is 17.6 Å². The van der Waals surface area contributed by atoms with E-state index in [4.69, 9.17) is 5.11 Å². The molecule has 0 aliphatic heterocycles. The Bertz CT molecular complexity index is 460. The highest BCUT2D eigenvalue weighted by molar-refractivity contribution is 5.89. The Morgan fingerprint density at radius 2 is 1.84 bits per heavy atom. The minimum Gasteiger partial charge on any atom is -0.481 e. The number of anilines is 1. The summed E-state index contributed by atoms with van der Waals surface area (Å²) in [4.78, 5) is 21.9. The van der Waals surface area contributed by atoms with Crippen molar-refractivity contribution in [2.75, 3.05) is 11.9 Å². The first-order valence-electron chi connectivity index (χ1n) is 5.62. The third-order valence-corrected chi connectivity index (χ3v) is 2.40. The number of hydrogen-bond donors (Lipinski definition) is 3. The van der Waals surface area contributed by atoms with Crippen LogP contribution in [-0.4, -0.2) is 23.7 Å². The van der Waals surface area contributed by atoms with Crippen LogP contribution in [0.15, 0.2) is 18.2 Å². The molecule has 1 aromatic rings. The maximum Gasteiger partial charge on any atom is 0.319 e. The van der Waals surface area contributed by atoms with Gasteiger partial charge in [0.05, 0.1) is 5.92 Å². The molecule has 2 amide bonds. The first-order chi connectivity index (χ1) is 8.88. The number of amides is 2. The van der Waals surface area contributed by atoms with Crippen molar-refractivity contribution in [1.29, 1.82) is 0 Å². The van der Waals surface area contributed by atoms with Crippen LogP contribution in [0.25, 0.3) is 0 Å². The van der Waals surface area contributed by atoms with Gasteiger partial charge < -0.3 is 15.7 Å². The van der Waals surface area contributed by atoms with Gasteiger partial charge >= 0.3 is 12.0 Å². The number of nitrogens with one attached hydrogen (secondary N) is 2. The molecule has 104 valence electrons. The number of aliphatic carboxylic acids is 1. The minimum absolute atomic E-state index is 0.0127. The molecule has 3 N–H and O–H groups in total. The van der Waals surface area contributed by atoms with Gasteiger partial charge in [-0.2, -0.15) is 0 Å². The van der Waals surface area contributed by atoms with Crippen molar-refractivity contribution in [2.24, 2.45) is 5.92 Å². The molecule has 1 aromatic carbocycles. The molecule has 1 atom stereocenters. The first kappa shape index (κ1) is 14.9. The summed E-state index contributed by atoms with van der Waals surface area (Å²) in [6, 6.07) is 1.99. The molecule has 0 bridgehead atoms. The third kappa shape index (κ3) is 5.33. The van der Waals surface area contributed by atoms with Gasteiger partial charge in [-0.1, -0.05) is 6.92 Å². The number of urea groups is 1. The zero-order valence-electron chi connectivity index (χ0n) is 10.2. The molecule has 0 aromatic heterocycles. The van der Waals surface area contributed by atoms with Gasteiger partial charge in [0.15, 0.2) is 0 Å². The second kappa shape index (κ2) is 6.67. The highest BCUT2D eigenvalue weighted by atomic mass is 19.1. The van der Waals surface area contributed by atoms with Gasteiger partial charge in [0.25, 0.3) is 0 Å². The predicted molar refractivity (Wildman–Crippen MR) is 64.8 cm³/mol. The van der Waals surface area contributed by atoms with Crippen LogP contribution in [0.2, 0.25) is 0 Å². The van der Waals surface area contributed by atoms with Crippen molar-refractivity contribution < 1.29 is 23.5 Å². The molecule has 0 saturated heterocycles. The molecule has 7 heteroatoms. The monoisotopic (exact) mass is 272 g/mol. The van der Waals surface area contributed by atoms with E-state index in [-0.39, 0.29) is 18.7 Å². The van der Waals surface area contributed by atoms with Crippen molar-refractivity contribution in [2.45, 2.75) is 13.3 Å². The van der Waals surface area contributed by atoms with Gasteiger partial charge in [-0.05, 0) is 18.6 Å². The quantitative estimate of drug-likeness (QED) is 0.768. The summed E-state index contributed by atoms with van der Waals surface area (Å²) in [5, 5.41) is 13.3. The van der Waals surface area contributed by atoms with E-state index in [9.17, 15) is 18.4 Å². The van der Waals surface area contributed by atoms with Crippen molar-refractivity contribution in [3.63, 3.8) is 0 Å². The number of hydrogen-bond acceptors (Lipinski definition) is 2. The number of carboxylic acids is 1. The lowest BCUT2D eigenvalue weighted by Gasteiger charge is -2.09. The van der Waals surface area contributed by atoms with Crippen LogP contribution >= 0.6 is 0 Å². The Morgan fingerprint density at radius 3 is 2.37 bits per heavy atom. The second-order valence-electron chi connectivity index (χ2n) is 4.07. The average molecular weight is 272 g/mol. The number of carboxylic acid groups (broad SMARTS) is 1. The van der Waals surface area contributed by atoms with Gasteiger partial charge in [-0.3, -0.25) is 4.79 Å². The Kier molecular flexibility index (Phi) is 5.23. The number of halogens is 2. The molecule has 5 nitrogen and oxygen atoms in total. The second-order valence-corrected chi connectivity index (χ2v) is 4.07. The summed E-state index contributed by atoms with van der Waals surface area (Å²) < 4.78 is 25.7.